The summed E-state index contributed by atoms with van der Waals surface area (Å²) in [4.78, 5) is 0. The molecule has 0 aliphatic heterocycles. The van der Waals surface area contributed by atoms with Crippen molar-refractivity contribution in [3.63, 3.8) is 0 Å². The third-order valence-corrected chi connectivity index (χ3v) is 6.11. The first-order chi connectivity index (χ1) is 14.9. The number of aryl methyl sites for hydroxylation is 1. The number of fused-ring (bicyclic) bond motifs is 1. The van der Waals surface area contributed by atoms with Gasteiger partial charge in [-0.2, -0.15) is 0 Å². The highest BCUT2D eigenvalue weighted by Gasteiger charge is 2.22. The van der Waals surface area contributed by atoms with E-state index in [4.69, 9.17) is 0 Å². The molecule has 1 saturated carbocycles. The van der Waals surface area contributed by atoms with Crippen LogP contribution in [0.2, 0.25) is 0 Å². The minimum Gasteiger partial charge on any atom is -0.206 e. The molecule has 0 amide bonds. The van der Waals surface area contributed by atoms with Crippen molar-refractivity contribution < 1.29 is 22.0 Å². The Hall–Kier alpha value is -2.87. The van der Waals surface area contributed by atoms with Gasteiger partial charge >= 0.3 is 0 Å². The topological polar surface area (TPSA) is 0 Å². The molecule has 31 heavy (non-hydrogen) atoms. The van der Waals surface area contributed by atoms with Gasteiger partial charge in [0.2, 0.25) is 0 Å². The van der Waals surface area contributed by atoms with Crippen molar-refractivity contribution in [3.05, 3.63) is 82.2 Å². The molecule has 0 nitrogen and oxygen atoms in total. The molecule has 160 valence electrons. The van der Waals surface area contributed by atoms with E-state index in [0.717, 1.165) is 37.3 Å². The lowest BCUT2D eigenvalue weighted by Crippen LogP contribution is -2.12. The maximum Gasteiger partial charge on any atom is 0.195 e. The summed E-state index contributed by atoms with van der Waals surface area (Å²) in [6.07, 6.45) is 3.68. The first-order valence-electron chi connectivity index (χ1n) is 10.4. The average Bonchev–Trinajstić information content (AvgIpc) is 2.77. The van der Waals surface area contributed by atoms with Gasteiger partial charge in [0.05, 0.1) is 5.56 Å². The van der Waals surface area contributed by atoms with E-state index in [1.807, 2.05) is 6.92 Å². The molecule has 0 atom stereocenters. The summed E-state index contributed by atoms with van der Waals surface area (Å²) in [7, 11) is 0. The number of rotatable bonds is 2. The fourth-order valence-electron chi connectivity index (χ4n) is 4.27. The Morgan fingerprint density at radius 3 is 2.13 bits per heavy atom. The predicted octanol–water partition coefficient (Wildman–Crippen LogP) is 7.42. The molecule has 0 N–H and O–H groups in total. The van der Waals surface area contributed by atoms with E-state index >= 15 is 0 Å². The highest BCUT2D eigenvalue weighted by atomic mass is 19.2. The second-order valence-corrected chi connectivity index (χ2v) is 8.07. The van der Waals surface area contributed by atoms with Gasteiger partial charge in [0.15, 0.2) is 17.5 Å². The van der Waals surface area contributed by atoms with Gasteiger partial charge in [-0.3, -0.25) is 0 Å². The van der Waals surface area contributed by atoms with Gasteiger partial charge in [-0.15, -0.1) is 0 Å². The fourth-order valence-corrected chi connectivity index (χ4v) is 4.27. The fraction of sp³-hybridized carbons (Fsp3) is 0.308. The average molecular weight is 428 g/mol. The van der Waals surface area contributed by atoms with Gasteiger partial charge in [0.1, 0.15) is 11.6 Å². The monoisotopic (exact) mass is 428 g/mol. The molecule has 1 aliphatic rings. The standard InChI is InChI=1S/C26H21F5/c1-2-15-11-22(27)21(23(28)12-15)9-5-16-3-6-17(7-4-16)18-8-10-20-19(13-18)14-24(29)26(31)25(20)30/h8,10-14,16-17H,2-4,6-7H2,1H3. The van der Waals surface area contributed by atoms with Crippen molar-refractivity contribution in [1.82, 2.24) is 0 Å². The summed E-state index contributed by atoms with van der Waals surface area (Å²) in [5.74, 6) is 0.807. The van der Waals surface area contributed by atoms with Crippen molar-refractivity contribution in [2.75, 3.05) is 0 Å². The van der Waals surface area contributed by atoms with Gasteiger partial charge < -0.3 is 0 Å². The Bertz CT molecular complexity index is 1170. The number of halogens is 5. The van der Waals surface area contributed by atoms with E-state index in [0.29, 0.717) is 17.4 Å². The summed E-state index contributed by atoms with van der Waals surface area (Å²) in [6.45, 7) is 1.83. The van der Waals surface area contributed by atoms with Gasteiger partial charge in [-0.1, -0.05) is 37.0 Å². The smallest absolute Gasteiger partial charge is 0.195 e. The van der Waals surface area contributed by atoms with Gasteiger partial charge in [0, 0.05) is 11.3 Å². The number of hydrogen-bond acceptors (Lipinski definition) is 0. The molecule has 0 saturated heterocycles. The van der Waals surface area contributed by atoms with Gasteiger partial charge in [-0.25, -0.2) is 22.0 Å². The Balaban J connectivity index is 1.48. The molecule has 0 radical (unpaired) electrons. The van der Waals surface area contributed by atoms with Crippen LogP contribution in [0.1, 0.15) is 55.2 Å². The van der Waals surface area contributed by atoms with E-state index in [-0.39, 0.29) is 22.8 Å². The van der Waals surface area contributed by atoms with E-state index in [9.17, 15) is 22.0 Å². The summed E-state index contributed by atoms with van der Waals surface area (Å²) < 4.78 is 69.2. The Morgan fingerprint density at radius 1 is 0.806 bits per heavy atom. The van der Waals surface area contributed by atoms with Crippen molar-refractivity contribution >= 4 is 10.8 Å². The maximum atomic E-state index is 14.1. The number of hydrogen-bond donors (Lipinski definition) is 0. The van der Waals surface area contributed by atoms with Crippen molar-refractivity contribution in [2.24, 2.45) is 5.92 Å². The molecule has 0 unspecified atom stereocenters. The van der Waals surface area contributed by atoms with Crippen LogP contribution in [0.4, 0.5) is 22.0 Å². The van der Waals surface area contributed by atoms with Crippen LogP contribution >= 0.6 is 0 Å². The zero-order chi connectivity index (χ0) is 22.1. The van der Waals surface area contributed by atoms with Crippen molar-refractivity contribution in [3.8, 4) is 11.8 Å². The first-order valence-corrected chi connectivity index (χ1v) is 10.4. The lowest BCUT2D eigenvalue weighted by atomic mass is 9.78. The molecule has 1 fully saturated rings. The highest BCUT2D eigenvalue weighted by Crippen LogP contribution is 2.37. The normalized spacial score (nSPS) is 18.6. The summed E-state index contributed by atoms with van der Waals surface area (Å²) in [6, 6.07) is 8.60. The summed E-state index contributed by atoms with van der Waals surface area (Å²) >= 11 is 0. The first kappa shape index (κ1) is 21.4. The summed E-state index contributed by atoms with van der Waals surface area (Å²) in [5, 5.41) is 0.387. The maximum absolute atomic E-state index is 14.1. The molecule has 4 rings (SSSR count). The van der Waals surface area contributed by atoms with Crippen LogP contribution in [0, 0.1) is 46.8 Å². The largest absolute Gasteiger partial charge is 0.206 e. The van der Waals surface area contributed by atoms with Crippen LogP contribution in [0.3, 0.4) is 0 Å². The zero-order valence-corrected chi connectivity index (χ0v) is 17.0. The quantitative estimate of drug-likeness (QED) is 0.226. The second-order valence-electron chi connectivity index (χ2n) is 8.07. The SMILES string of the molecule is CCc1cc(F)c(C#CC2CCC(c3ccc4c(F)c(F)c(F)cc4c3)CC2)c(F)c1. The minimum atomic E-state index is -1.46. The lowest BCUT2D eigenvalue weighted by Gasteiger charge is -2.26. The molecule has 0 heterocycles. The van der Waals surface area contributed by atoms with Gasteiger partial charge in [0.25, 0.3) is 0 Å². The molecule has 1 aliphatic carbocycles. The highest BCUT2D eigenvalue weighted by molar-refractivity contribution is 5.84. The van der Waals surface area contributed by atoms with Crippen LogP contribution in [0.25, 0.3) is 10.8 Å². The van der Waals surface area contributed by atoms with Crippen LogP contribution in [0.15, 0.2) is 36.4 Å². The third kappa shape index (κ3) is 4.30. The molecule has 3 aromatic carbocycles. The van der Waals surface area contributed by atoms with Crippen LogP contribution in [-0.4, -0.2) is 0 Å². The molecule has 5 heteroatoms. The van der Waals surface area contributed by atoms with E-state index in [1.165, 1.54) is 18.2 Å². The Morgan fingerprint density at radius 2 is 1.48 bits per heavy atom. The second kappa shape index (κ2) is 8.70. The van der Waals surface area contributed by atoms with Crippen molar-refractivity contribution in [2.45, 2.75) is 44.9 Å². The van der Waals surface area contributed by atoms with E-state index in [1.54, 1.807) is 12.1 Å². The molecular weight excluding hydrogens is 407 g/mol. The predicted molar refractivity (Wildman–Crippen MR) is 111 cm³/mol. The summed E-state index contributed by atoms with van der Waals surface area (Å²) in [5.41, 5.74) is 1.35. The Labute approximate surface area is 178 Å². The lowest BCUT2D eigenvalue weighted by molar-refractivity contribution is 0.385. The molecular formula is C26H21F5. The molecule has 3 aromatic rings. The van der Waals surface area contributed by atoms with Crippen LogP contribution < -0.4 is 0 Å². The Kier molecular flexibility index (Phi) is 6.00. The zero-order valence-electron chi connectivity index (χ0n) is 17.0. The number of benzene rings is 3. The van der Waals surface area contributed by atoms with E-state index < -0.39 is 29.1 Å². The van der Waals surface area contributed by atoms with Crippen LogP contribution in [-0.2, 0) is 6.42 Å². The van der Waals surface area contributed by atoms with Crippen LogP contribution in [0.5, 0.6) is 0 Å². The molecule has 0 spiro atoms. The van der Waals surface area contributed by atoms with Gasteiger partial charge in [-0.05, 0) is 72.7 Å². The molecule has 0 bridgehead atoms. The third-order valence-electron chi connectivity index (χ3n) is 6.11. The van der Waals surface area contributed by atoms with Crippen molar-refractivity contribution in [1.29, 1.82) is 0 Å². The minimum absolute atomic E-state index is 0.0327. The van der Waals surface area contributed by atoms with E-state index in [2.05, 4.69) is 11.8 Å². The molecule has 0 aromatic heterocycles.